The van der Waals surface area contributed by atoms with Gasteiger partial charge in [-0.2, -0.15) is 0 Å². The van der Waals surface area contributed by atoms with E-state index in [0.717, 1.165) is 11.1 Å². The van der Waals surface area contributed by atoms with Gasteiger partial charge in [0.25, 0.3) is 0 Å². The highest BCUT2D eigenvalue weighted by atomic mass is 19.1. The summed E-state index contributed by atoms with van der Waals surface area (Å²) in [6, 6.07) is 18.4. The number of hydrogen-bond donors (Lipinski definition) is 0. The Morgan fingerprint density at radius 2 is 1.55 bits per heavy atom. The molecule has 0 bridgehead atoms. The topological polar surface area (TPSA) is 35.5 Å². The quantitative estimate of drug-likeness (QED) is 0.736. The standard InChI is InChI=1S/C18H19FO3/c1-21-17(20)18(19,12-15-8-4-2-5-9-15)14-22-13-16-10-6-3-7-11-16/h2-11H,12-14H2,1H3/t18-/m0/s1. The highest BCUT2D eigenvalue weighted by molar-refractivity contribution is 5.80. The molecule has 1 atom stereocenters. The molecule has 0 spiro atoms. The summed E-state index contributed by atoms with van der Waals surface area (Å²) in [4.78, 5) is 11.8. The van der Waals surface area contributed by atoms with Crippen molar-refractivity contribution in [1.82, 2.24) is 0 Å². The van der Waals surface area contributed by atoms with Crippen LogP contribution >= 0.6 is 0 Å². The first-order chi connectivity index (χ1) is 10.6. The van der Waals surface area contributed by atoms with Crippen LogP contribution in [0.3, 0.4) is 0 Å². The van der Waals surface area contributed by atoms with Gasteiger partial charge in [0.15, 0.2) is 0 Å². The molecule has 22 heavy (non-hydrogen) atoms. The molecule has 4 heteroatoms. The summed E-state index contributed by atoms with van der Waals surface area (Å²) in [5, 5.41) is 0. The van der Waals surface area contributed by atoms with Gasteiger partial charge in [0.1, 0.15) is 0 Å². The summed E-state index contributed by atoms with van der Waals surface area (Å²) in [5.41, 5.74) is -0.543. The zero-order chi connectivity index (χ0) is 15.8. The Balaban J connectivity index is 2.01. The molecule has 0 aliphatic carbocycles. The first-order valence-corrected chi connectivity index (χ1v) is 7.07. The molecule has 2 aromatic carbocycles. The normalized spacial score (nSPS) is 13.4. The van der Waals surface area contributed by atoms with Crippen LogP contribution in [0.1, 0.15) is 11.1 Å². The van der Waals surface area contributed by atoms with Crippen LogP contribution in [0.5, 0.6) is 0 Å². The minimum absolute atomic E-state index is 0.0741. The first-order valence-electron chi connectivity index (χ1n) is 7.07. The lowest BCUT2D eigenvalue weighted by atomic mass is 9.97. The molecule has 116 valence electrons. The van der Waals surface area contributed by atoms with Gasteiger partial charge in [0, 0.05) is 6.42 Å². The van der Waals surface area contributed by atoms with Crippen LogP contribution in [0.2, 0.25) is 0 Å². The predicted octanol–water partition coefficient (Wildman–Crippen LogP) is 3.33. The third kappa shape index (κ3) is 4.40. The highest BCUT2D eigenvalue weighted by Gasteiger charge is 2.40. The van der Waals surface area contributed by atoms with Crippen LogP contribution in [0.4, 0.5) is 4.39 Å². The van der Waals surface area contributed by atoms with E-state index >= 15 is 0 Å². The lowest BCUT2D eigenvalue weighted by molar-refractivity contribution is -0.159. The smallest absolute Gasteiger partial charge is 0.346 e. The van der Waals surface area contributed by atoms with Gasteiger partial charge in [-0.25, -0.2) is 9.18 Å². The number of methoxy groups -OCH3 is 1. The van der Waals surface area contributed by atoms with Crippen LogP contribution < -0.4 is 0 Å². The van der Waals surface area contributed by atoms with Gasteiger partial charge in [0.05, 0.1) is 20.3 Å². The second-order valence-corrected chi connectivity index (χ2v) is 5.10. The molecule has 0 aliphatic rings. The maximum atomic E-state index is 15.0. The molecular weight excluding hydrogens is 283 g/mol. The van der Waals surface area contributed by atoms with Gasteiger partial charge in [-0.15, -0.1) is 0 Å². The van der Waals surface area contributed by atoms with Crippen molar-refractivity contribution in [3.8, 4) is 0 Å². The summed E-state index contributed by atoms with van der Waals surface area (Å²) in [6.45, 7) is -0.0955. The van der Waals surface area contributed by atoms with Crippen LogP contribution in [0.15, 0.2) is 60.7 Å². The van der Waals surface area contributed by atoms with E-state index in [9.17, 15) is 9.18 Å². The third-order valence-electron chi connectivity index (χ3n) is 3.32. The minimum atomic E-state index is -2.19. The molecule has 0 saturated heterocycles. The van der Waals surface area contributed by atoms with Crippen LogP contribution in [0.25, 0.3) is 0 Å². The van der Waals surface area contributed by atoms with Gasteiger partial charge in [-0.05, 0) is 11.1 Å². The van der Waals surface area contributed by atoms with E-state index in [4.69, 9.17) is 4.74 Å². The molecule has 0 aliphatic heterocycles. The number of esters is 1. The predicted molar refractivity (Wildman–Crippen MR) is 82.1 cm³/mol. The maximum Gasteiger partial charge on any atom is 0.346 e. The Labute approximate surface area is 129 Å². The van der Waals surface area contributed by atoms with Crippen molar-refractivity contribution in [3.63, 3.8) is 0 Å². The average molecular weight is 302 g/mol. The van der Waals surface area contributed by atoms with Gasteiger partial charge >= 0.3 is 5.97 Å². The Morgan fingerprint density at radius 3 is 2.09 bits per heavy atom. The molecule has 0 aromatic heterocycles. The van der Waals surface area contributed by atoms with Crippen LogP contribution in [-0.4, -0.2) is 25.4 Å². The number of rotatable bonds is 7. The number of ether oxygens (including phenoxy) is 2. The van der Waals surface area contributed by atoms with E-state index in [1.807, 2.05) is 36.4 Å². The van der Waals surface area contributed by atoms with Crippen molar-refractivity contribution in [2.24, 2.45) is 0 Å². The Bertz CT molecular complexity index is 586. The van der Waals surface area contributed by atoms with Gasteiger partial charge < -0.3 is 9.47 Å². The number of hydrogen-bond acceptors (Lipinski definition) is 3. The highest BCUT2D eigenvalue weighted by Crippen LogP contribution is 2.21. The molecule has 0 unspecified atom stereocenters. The number of carbonyl (C=O) groups is 1. The minimum Gasteiger partial charge on any atom is -0.467 e. The molecule has 2 aromatic rings. The van der Waals surface area contributed by atoms with Crippen molar-refractivity contribution < 1.29 is 18.7 Å². The van der Waals surface area contributed by atoms with Crippen LogP contribution in [0, 0.1) is 0 Å². The number of alkyl halides is 1. The van der Waals surface area contributed by atoms with Crippen molar-refractivity contribution >= 4 is 5.97 Å². The van der Waals surface area contributed by atoms with Gasteiger partial charge in [-0.3, -0.25) is 0 Å². The lowest BCUT2D eigenvalue weighted by Crippen LogP contribution is -2.42. The monoisotopic (exact) mass is 302 g/mol. The van der Waals surface area contributed by atoms with Crippen LogP contribution in [-0.2, 0) is 27.3 Å². The summed E-state index contributed by atoms with van der Waals surface area (Å²) in [6.07, 6.45) is -0.0741. The molecule has 0 N–H and O–H groups in total. The van der Waals surface area contributed by atoms with E-state index in [1.165, 1.54) is 7.11 Å². The SMILES string of the molecule is COC(=O)[C@@](F)(COCc1ccccc1)Cc1ccccc1. The molecule has 2 rings (SSSR count). The van der Waals surface area contributed by atoms with E-state index in [1.54, 1.807) is 24.3 Å². The third-order valence-corrected chi connectivity index (χ3v) is 3.32. The average Bonchev–Trinajstić information content (AvgIpc) is 2.56. The molecule has 0 heterocycles. The molecule has 0 radical (unpaired) electrons. The van der Waals surface area contributed by atoms with Crippen molar-refractivity contribution in [3.05, 3.63) is 71.8 Å². The Morgan fingerprint density at radius 1 is 1.00 bits per heavy atom. The second kappa shape index (κ2) is 7.71. The lowest BCUT2D eigenvalue weighted by Gasteiger charge is -2.22. The fourth-order valence-corrected chi connectivity index (χ4v) is 2.19. The first kappa shape index (κ1) is 16.2. The Hall–Kier alpha value is -2.20. The largest absolute Gasteiger partial charge is 0.467 e. The number of carbonyl (C=O) groups excluding carboxylic acids is 1. The van der Waals surface area contributed by atoms with Crippen molar-refractivity contribution in [2.45, 2.75) is 18.7 Å². The fourth-order valence-electron chi connectivity index (χ4n) is 2.19. The number of halogens is 1. The summed E-state index contributed by atoms with van der Waals surface area (Å²) < 4.78 is 25.0. The summed E-state index contributed by atoms with van der Waals surface area (Å²) in [7, 11) is 1.18. The Kier molecular flexibility index (Phi) is 5.67. The van der Waals surface area contributed by atoms with E-state index < -0.39 is 11.6 Å². The molecule has 3 nitrogen and oxygen atoms in total. The summed E-state index contributed by atoms with van der Waals surface area (Å²) in [5.74, 6) is -0.913. The summed E-state index contributed by atoms with van der Waals surface area (Å²) >= 11 is 0. The van der Waals surface area contributed by atoms with E-state index in [2.05, 4.69) is 4.74 Å². The molecule has 0 saturated carbocycles. The molecule has 0 fully saturated rings. The molecule has 0 amide bonds. The molecular formula is C18H19FO3. The van der Waals surface area contributed by atoms with Crippen molar-refractivity contribution in [1.29, 1.82) is 0 Å². The zero-order valence-corrected chi connectivity index (χ0v) is 12.5. The zero-order valence-electron chi connectivity index (χ0n) is 12.5. The van der Waals surface area contributed by atoms with Crippen molar-refractivity contribution in [2.75, 3.05) is 13.7 Å². The van der Waals surface area contributed by atoms with Gasteiger partial charge in [0.2, 0.25) is 5.67 Å². The number of benzene rings is 2. The second-order valence-electron chi connectivity index (χ2n) is 5.10. The van der Waals surface area contributed by atoms with E-state index in [-0.39, 0.29) is 19.6 Å². The maximum absolute atomic E-state index is 15.0. The van der Waals surface area contributed by atoms with Gasteiger partial charge in [-0.1, -0.05) is 60.7 Å². The fraction of sp³-hybridized carbons (Fsp3) is 0.278. The van der Waals surface area contributed by atoms with E-state index in [0.29, 0.717) is 0 Å².